The molecule has 0 spiro atoms. The van der Waals surface area contributed by atoms with Gasteiger partial charge in [-0.1, -0.05) is 0 Å². The molecule has 15 heavy (non-hydrogen) atoms. The second kappa shape index (κ2) is 3.20. The van der Waals surface area contributed by atoms with E-state index in [1.165, 1.54) is 6.07 Å². The molecule has 0 N–H and O–H groups in total. The average molecular weight is 231 g/mol. The Labute approximate surface area is 88.7 Å². The maximum Gasteiger partial charge on any atom is 0.417 e. The minimum atomic E-state index is -4.30. The van der Waals surface area contributed by atoms with Crippen molar-refractivity contribution in [3.8, 4) is 0 Å². The SMILES string of the molecule is Cc1cc(C(F)(F)F)c2snc(C)c2c1. The first kappa shape index (κ1) is 10.4. The Bertz CT molecular complexity index is 513. The minimum absolute atomic E-state index is 0.227. The summed E-state index contributed by atoms with van der Waals surface area (Å²) in [4.78, 5) is 0. The number of benzene rings is 1. The first-order chi connectivity index (χ1) is 6.89. The van der Waals surface area contributed by atoms with E-state index in [0.717, 1.165) is 11.5 Å². The maximum atomic E-state index is 12.7. The molecule has 0 saturated heterocycles. The van der Waals surface area contributed by atoms with Gasteiger partial charge in [0.05, 0.1) is 16.0 Å². The molecule has 0 saturated carbocycles. The molecule has 80 valence electrons. The minimum Gasteiger partial charge on any atom is -0.197 e. The van der Waals surface area contributed by atoms with Crippen LogP contribution in [0.2, 0.25) is 0 Å². The molecule has 0 fully saturated rings. The molecule has 0 atom stereocenters. The van der Waals surface area contributed by atoms with Crippen molar-refractivity contribution in [2.75, 3.05) is 0 Å². The highest BCUT2D eigenvalue weighted by molar-refractivity contribution is 7.13. The Balaban J connectivity index is 2.84. The van der Waals surface area contributed by atoms with Crippen molar-refractivity contribution in [3.05, 3.63) is 29.0 Å². The van der Waals surface area contributed by atoms with E-state index in [0.29, 0.717) is 16.6 Å². The standard InChI is InChI=1S/C10H8F3NS/c1-5-3-7-6(2)14-15-9(7)8(4-5)10(11,12)13/h3-4H,1-2H3. The van der Waals surface area contributed by atoms with Crippen molar-refractivity contribution in [1.29, 1.82) is 0 Å². The second-order valence-electron chi connectivity index (χ2n) is 3.45. The van der Waals surface area contributed by atoms with Crippen LogP contribution in [0.25, 0.3) is 10.1 Å². The lowest BCUT2D eigenvalue weighted by Gasteiger charge is -2.08. The van der Waals surface area contributed by atoms with Crippen LogP contribution in [0.5, 0.6) is 0 Å². The van der Waals surface area contributed by atoms with Crippen LogP contribution in [0.1, 0.15) is 16.8 Å². The molecule has 0 bridgehead atoms. The van der Waals surface area contributed by atoms with Crippen LogP contribution in [-0.2, 0) is 6.18 Å². The van der Waals surface area contributed by atoms with E-state index >= 15 is 0 Å². The molecule has 5 heteroatoms. The monoisotopic (exact) mass is 231 g/mol. The summed E-state index contributed by atoms with van der Waals surface area (Å²) in [5, 5.41) is 0.604. The van der Waals surface area contributed by atoms with Gasteiger partial charge in [0.15, 0.2) is 0 Å². The van der Waals surface area contributed by atoms with Crippen molar-refractivity contribution in [2.45, 2.75) is 20.0 Å². The van der Waals surface area contributed by atoms with Gasteiger partial charge in [-0.25, -0.2) is 0 Å². The molecule has 0 radical (unpaired) electrons. The third-order valence-electron chi connectivity index (χ3n) is 2.20. The summed E-state index contributed by atoms with van der Waals surface area (Å²) in [5.41, 5.74) is 0.686. The quantitative estimate of drug-likeness (QED) is 0.669. The fourth-order valence-electron chi connectivity index (χ4n) is 1.51. The van der Waals surface area contributed by atoms with Gasteiger partial charge in [-0.3, -0.25) is 0 Å². The summed E-state index contributed by atoms with van der Waals surface area (Å²) >= 11 is 0.906. The number of rotatable bonds is 0. The molecular formula is C10H8F3NS. The third-order valence-corrected chi connectivity index (χ3v) is 3.19. The second-order valence-corrected chi connectivity index (χ2v) is 4.23. The predicted molar refractivity (Wildman–Crippen MR) is 54.1 cm³/mol. The zero-order valence-corrected chi connectivity index (χ0v) is 8.96. The van der Waals surface area contributed by atoms with Gasteiger partial charge in [0.1, 0.15) is 0 Å². The van der Waals surface area contributed by atoms with E-state index in [9.17, 15) is 13.2 Å². The van der Waals surface area contributed by atoms with Crippen LogP contribution in [0.3, 0.4) is 0 Å². The van der Waals surface area contributed by atoms with Gasteiger partial charge in [-0.2, -0.15) is 17.5 Å². The lowest BCUT2D eigenvalue weighted by atomic mass is 10.1. The van der Waals surface area contributed by atoms with Crippen molar-refractivity contribution in [1.82, 2.24) is 4.37 Å². The molecular weight excluding hydrogens is 223 g/mol. The maximum absolute atomic E-state index is 12.7. The van der Waals surface area contributed by atoms with E-state index in [1.807, 2.05) is 0 Å². The molecule has 0 amide bonds. The van der Waals surface area contributed by atoms with Gasteiger partial charge < -0.3 is 0 Å². The van der Waals surface area contributed by atoms with Crippen molar-refractivity contribution in [2.24, 2.45) is 0 Å². The van der Waals surface area contributed by atoms with E-state index in [1.54, 1.807) is 19.9 Å². The molecule has 0 aliphatic rings. The number of hydrogen-bond acceptors (Lipinski definition) is 2. The number of halogens is 3. The number of aromatic nitrogens is 1. The summed E-state index contributed by atoms with van der Waals surface area (Å²) < 4.78 is 42.2. The van der Waals surface area contributed by atoms with Crippen molar-refractivity contribution >= 4 is 21.6 Å². The van der Waals surface area contributed by atoms with Crippen LogP contribution >= 0.6 is 11.5 Å². The Morgan fingerprint density at radius 1 is 1.20 bits per heavy atom. The van der Waals surface area contributed by atoms with E-state index in [-0.39, 0.29) is 4.70 Å². The zero-order valence-electron chi connectivity index (χ0n) is 8.14. The van der Waals surface area contributed by atoms with Crippen LogP contribution in [0, 0.1) is 13.8 Å². The van der Waals surface area contributed by atoms with Gasteiger partial charge in [0, 0.05) is 5.39 Å². The van der Waals surface area contributed by atoms with Gasteiger partial charge in [-0.15, -0.1) is 0 Å². The number of fused-ring (bicyclic) bond motifs is 1. The average Bonchev–Trinajstić information content (AvgIpc) is 2.45. The summed E-state index contributed by atoms with van der Waals surface area (Å²) in [6, 6.07) is 2.91. The molecule has 0 aliphatic carbocycles. The van der Waals surface area contributed by atoms with Crippen molar-refractivity contribution in [3.63, 3.8) is 0 Å². The topological polar surface area (TPSA) is 12.9 Å². The first-order valence-electron chi connectivity index (χ1n) is 4.33. The summed E-state index contributed by atoms with van der Waals surface area (Å²) in [6.45, 7) is 3.38. The first-order valence-corrected chi connectivity index (χ1v) is 5.11. The molecule has 1 heterocycles. The van der Waals surface area contributed by atoms with Crippen LogP contribution in [-0.4, -0.2) is 4.37 Å². The fraction of sp³-hybridized carbons (Fsp3) is 0.300. The van der Waals surface area contributed by atoms with E-state index in [4.69, 9.17) is 0 Å². The van der Waals surface area contributed by atoms with Crippen LogP contribution in [0.15, 0.2) is 12.1 Å². The number of nitrogens with zero attached hydrogens (tertiary/aromatic N) is 1. The Hall–Kier alpha value is -1.10. The largest absolute Gasteiger partial charge is 0.417 e. The molecule has 1 nitrogen and oxygen atoms in total. The van der Waals surface area contributed by atoms with E-state index in [2.05, 4.69) is 4.37 Å². The van der Waals surface area contributed by atoms with Crippen LogP contribution in [0.4, 0.5) is 13.2 Å². The van der Waals surface area contributed by atoms with Gasteiger partial charge in [0.25, 0.3) is 0 Å². The molecule has 2 rings (SSSR count). The van der Waals surface area contributed by atoms with Gasteiger partial charge in [0.2, 0.25) is 0 Å². The Morgan fingerprint density at radius 3 is 2.47 bits per heavy atom. The summed E-state index contributed by atoms with van der Waals surface area (Å²) in [6.07, 6.45) is -4.30. The van der Waals surface area contributed by atoms with E-state index < -0.39 is 11.7 Å². The lowest BCUT2D eigenvalue weighted by molar-refractivity contribution is -0.136. The smallest absolute Gasteiger partial charge is 0.197 e. The lowest BCUT2D eigenvalue weighted by Crippen LogP contribution is -2.05. The third kappa shape index (κ3) is 1.71. The highest BCUT2D eigenvalue weighted by Gasteiger charge is 2.33. The summed E-state index contributed by atoms with van der Waals surface area (Å²) in [5.74, 6) is 0. The molecule has 0 unspecified atom stereocenters. The number of aryl methyl sites for hydroxylation is 2. The number of alkyl halides is 3. The van der Waals surface area contributed by atoms with Crippen LogP contribution < -0.4 is 0 Å². The molecule has 2 aromatic rings. The number of hydrogen-bond donors (Lipinski definition) is 0. The van der Waals surface area contributed by atoms with Gasteiger partial charge in [-0.05, 0) is 43.1 Å². The zero-order chi connectivity index (χ0) is 11.2. The normalized spacial score (nSPS) is 12.3. The molecule has 1 aromatic heterocycles. The highest BCUT2D eigenvalue weighted by atomic mass is 32.1. The van der Waals surface area contributed by atoms with Gasteiger partial charge >= 0.3 is 6.18 Å². The molecule has 1 aromatic carbocycles. The summed E-state index contributed by atoms with van der Waals surface area (Å²) in [7, 11) is 0. The van der Waals surface area contributed by atoms with Crippen molar-refractivity contribution < 1.29 is 13.2 Å². The predicted octanol–water partition coefficient (Wildman–Crippen LogP) is 3.93. The fourth-order valence-corrected chi connectivity index (χ4v) is 2.42. The highest BCUT2D eigenvalue weighted by Crippen LogP contribution is 2.38. The Morgan fingerprint density at radius 2 is 1.87 bits per heavy atom. The molecule has 0 aliphatic heterocycles. The Kier molecular flexibility index (Phi) is 2.22.